The lowest BCUT2D eigenvalue weighted by Gasteiger charge is -2.35. The van der Waals surface area contributed by atoms with Gasteiger partial charge in [-0.05, 0) is 56.3 Å². The third-order valence-electron chi connectivity index (χ3n) is 6.52. The molecule has 0 aromatic heterocycles. The first-order valence-corrected chi connectivity index (χ1v) is 12.2. The van der Waals surface area contributed by atoms with E-state index in [1.807, 2.05) is 7.05 Å². The lowest BCUT2D eigenvalue weighted by atomic mass is 10.1. The highest BCUT2D eigenvalue weighted by atomic mass is 16.5. The summed E-state index contributed by atoms with van der Waals surface area (Å²) in [5.74, 6) is 0.987. The average molecular weight is 431 g/mol. The fourth-order valence-corrected chi connectivity index (χ4v) is 4.40. The fourth-order valence-electron chi connectivity index (χ4n) is 4.40. The summed E-state index contributed by atoms with van der Waals surface area (Å²) in [5, 5.41) is 3.54. The number of piperidine rings is 1. The summed E-state index contributed by atoms with van der Waals surface area (Å²) in [7, 11) is 1.87. The SMILES string of the molecule is CCN(CC)Cc1ccc(CNC(=NC)N2CCC(OCC3CCCCO3)CC2)cc1. The summed E-state index contributed by atoms with van der Waals surface area (Å²) in [6.07, 6.45) is 6.36. The monoisotopic (exact) mass is 430 g/mol. The second kappa shape index (κ2) is 13.0. The second-order valence-electron chi connectivity index (χ2n) is 8.69. The molecule has 0 spiro atoms. The van der Waals surface area contributed by atoms with E-state index in [1.54, 1.807) is 0 Å². The normalized spacial score (nSPS) is 21.0. The molecule has 6 nitrogen and oxygen atoms in total. The standard InChI is InChI=1S/C25H42N4O2/c1-4-28(5-2)19-22-11-9-21(10-12-22)18-27-25(26-3)29-15-13-23(14-16-29)31-20-24-8-6-7-17-30-24/h9-12,23-24H,4-8,13-20H2,1-3H3,(H,26,27). The highest BCUT2D eigenvalue weighted by Crippen LogP contribution is 2.18. The van der Waals surface area contributed by atoms with Crippen LogP contribution in [-0.4, -0.2) is 74.4 Å². The van der Waals surface area contributed by atoms with Gasteiger partial charge in [0.15, 0.2) is 5.96 Å². The molecule has 1 atom stereocenters. The number of likely N-dealkylation sites (tertiary alicyclic amines) is 1. The Kier molecular flexibility index (Phi) is 10.1. The number of nitrogens with one attached hydrogen (secondary N) is 1. The van der Waals surface area contributed by atoms with Crippen LogP contribution in [0.4, 0.5) is 0 Å². The minimum Gasteiger partial charge on any atom is -0.376 e. The van der Waals surface area contributed by atoms with E-state index in [4.69, 9.17) is 9.47 Å². The van der Waals surface area contributed by atoms with E-state index < -0.39 is 0 Å². The molecule has 1 N–H and O–H groups in total. The molecule has 2 aliphatic heterocycles. The first-order valence-electron chi connectivity index (χ1n) is 12.2. The van der Waals surface area contributed by atoms with Crippen molar-refractivity contribution in [3.05, 3.63) is 35.4 Å². The molecule has 0 amide bonds. The van der Waals surface area contributed by atoms with Gasteiger partial charge >= 0.3 is 0 Å². The molecule has 31 heavy (non-hydrogen) atoms. The topological polar surface area (TPSA) is 49.3 Å². The minimum atomic E-state index is 0.305. The van der Waals surface area contributed by atoms with Crippen LogP contribution in [-0.2, 0) is 22.6 Å². The van der Waals surface area contributed by atoms with E-state index in [0.29, 0.717) is 12.2 Å². The Bertz CT molecular complexity index is 646. The Morgan fingerprint density at radius 2 is 1.81 bits per heavy atom. The van der Waals surface area contributed by atoms with Gasteiger partial charge < -0.3 is 19.7 Å². The summed E-state index contributed by atoms with van der Waals surface area (Å²) in [6, 6.07) is 8.95. The maximum Gasteiger partial charge on any atom is 0.193 e. The molecule has 0 radical (unpaired) electrons. The number of hydrogen-bond acceptors (Lipinski definition) is 4. The molecule has 0 bridgehead atoms. The van der Waals surface area contributed by atoms with Crippen LogP contribution in [0.1, 0.15) is 57.1 Å². The minimum absolute atomic E-state index is 0.305. The van der Waals surface area contributed by atoms with Crippen molar-refractivity contribution in [3.63, 3.8) is 0 Å². The molecule has 2 aliphatic rings. The van der Waals surface area contributed by atoms with Gasteiger partial charge in [0.1, 0.15) is 0 Å². The van der Waals surface area contributed by atoms with Crippen LogP contribution in [0.25, 0.3) is 0 Å². The molecule has 2 saturated heterocycles. The van der Waals surface area contributed by atoms with E-state index in [-0.39, 0.29) is 0 Å². The first kappa shape index (κ1) is 24.0. The third-order valence-corrected chi connectivity index (χ3v) is 6.52. The maximum atomic E-state index is 6.15. The summed E-state index contributed by atoms with van der Waals surface area (Å²) >= 11 is 0. The molecule has 1 aromatic carbocycles. The van der Waals surface area contributed by atoms with Gasteiger partial charge in [0.2, 0.25) is 0 Å². The molecule has 3 rings (SSSR count). The van der Waals surface area contributed by atoms with Crippen LogP contribution in [0, 0.1) is 0 Å². The Morgan fingerprint density at radius 1 is 1.10 bits per heavy atom. The quantitative estimate of drug-likeness (QED) is 0.479. The zero-order valence-electron chi connectivity index (χ0n) is 19.8. The van der Waals surface area contributed by atoms with Crippen molar-refractivity contribution in [3.8, 4) is 0 Å². The fraction of sp³-hybridized carbons (Fsp3) is 0.720. The molecule has 1 unspecified atom stereocenters. The van der Waals surface area contributed by atoms with Gasteiger partial charge in [-0.1, -0.05) is 38.1 Å². The number of guanidine groups is 1. The number of aliphatic imine (C=N–C) groups is 1. The molecular weight excluding hydrogens is 388 g/mol. The third kappa shape index (κ3) is 7.78. The van der Waals surface area contributed by atoms with Gasteiger partial charge in [-0.15, -0.1) is 0 Å². The van der Waals surface area contributed by atoms with E-state index in [2.05, 4.69) is 58.2 Å². The number of hydrogen-bond donors (Lipinski definition) is 1. The molecule has 1 aromatic rings. The smallest absolute Gasteiger partial charge is 0.193 e. The van der Waals surface area contributed by atoms with Crippen molar-refractivity contribution in [1.82, 2.24) is 15.1 Å². The van der Waals surface area contributed by atoms with Gasteiger partial charge in [-0.25, -0.2) is 0 Å². The molecule has 0 aliphatic carbocycles. The lowest BCUT2D eigenvalue weighted by molar-refractivity contribution is -0.0721. The number of benzene rings is 1. The van der Waals surface area contributed by atoms with E-state index in [9.17, 15) is 0 Å². The van der Waals surface area contributed by atoms with E-state index in [1.165, 1.54) is 24.0 Å². The second-order valence-corrected chi connectivity index (χ2v) is 8.69. The van der Waals surface area contributed by atoms with Gasteiger partial charge in [-0.3, -0.25) is 9.89 Å². The highest BCUT2D eigenvalue weighted by molar-refractivity contribution is 5.79. The molecule has 2 fully saturated rings. The van der Waals surface area contributed by atoms with Crippen molar-refractivity contribution in [2.45, 2.75) is 71.2 Å². The Morgan fingerprint density at radius 3 is 2.42 bits per heavy atom. The van der Waals surface area contributed by atoms with Crippen molar-refractivity contribution >= 4 is 5.96 Å². The zero-order chi connectivity index (χ0) is 21.9. The zero-order valence-corrected chi connectivity index (χ0v) is 19.8. The molecule has 174 valence electrons. The van der Waals surface area contributed by atoms with Gasteiger partial charge in [0.25, 0.3) is 0 Å². The van der Waals surface area contributed by atoms with Crippen LogP contribution in [0.2, 0.25) is 0 Å². The van der Waals surface area contributed by atoms with Crippen LogP contribution < -0.4 is 5.32 Å². The Labute approximate surface area is 189 Å². The molecule has 0 saturated carbocycles. The van der Waals surface area contributed by atoms with E-state index in [0.717, 1.165) is 77.7 Å². The van der Waals surface area contributed by atoms with E-state index >= 15 is 0 Å². The number of nitrogens with zero attached hydrogens (tertiary/aromatic N) is 3. The van der Waals surface area contributed by atoms with Crippen LogP contribution in [0.15, 0.2) is 29.3 Å². The average Bonchev–Trinajstić information content (AvgIpc) is 2.84. The molecule has 6 heteroatoms. The predicted octanol–water partition coefficient (Wildman–Crippen LogP) is 3.65. The van der Waals surface area contributed by atoms with Crippen molar-refractivity contribution < 1.29 is 9.47 Å². The van der Waals surface area contributed by atoms with Crippen LogP contribution in [0.5, 0.6) is 0 Å². The van der Waals surface area contributed by atoms with Gasteiger partial charge in [-0.2, -0.15) is 0 Å². The van der Waals surface area contributed by atoms with Gasteiger partial charge in [0.05, 0.1) is 18.8 Å². The summed E-state index contributed by atoms with van der Waals surface area (Å²) in [5.41, 5.74) is 2.66. The van der Waals surface area contributed by atoms with Crippen LogP contribution >= 0.6 is 0 Å². The number of rotatable bonds is 9. The maximum absolute atomic E-state index is 6.15. The molecular formula is C25H42N4O2. The summed E-state index contributed by atoms with van der Waals surface area (Å²) in [4.78, 5) is 9.30. The van der Waals surface area contributed by atoms with Crippen LogP contribution in [0.3, 0.4) is 0 Å². The lowest BCUT2D eigenvalue weighted by Crippen LogP contribution is -2.47. The molecule has 2 heterocycles. The Balaban J connectivity index is 1.38. The summed E-state index contributed by atoms with van der Waals surface area (Å²) in [6.45, 7) is 12.0. The van der Waals surface area contributed by atoms with Gasteiger partial charge in [0, 0.05) is 39.8 Å². The summed E-state index contributed by atoms with van der Waals surface area (Å²) < 4.78 is 11.9. The number of ether oxygens (including phenoxy) is 2. The largest absolute Gasteiger partial charge is 0.376 e. The predicted molar refractivity (Wildman–Crippen MR) is 127 cm³/mol. The van der Waals surface area contributed by atoms with Crippen molar-refractivity contribution in [2.24, 2.45) is 4.99 Å². The Hall–Kier alpha value is -1.63. The van der Waals surface area contributed by atoms with Crippen molar-refractivity contribution in [1.29, 1.82) is 0 Å². The van der Waals surface area contributed by atoms with Crippen molar-refractivity contribution in [2.75, 3.05) is 46.4 Å². The highest BCUT2D eigenvalue weighted by Gasteiger charge is 2.23. The first-order chi connectivity index (χ1) is 15.2.